The van der Waals surface area contributed by atoms with Crippen molar-refractivity contribution < 1.29 is 4.74 Å². The lowest BCUT2D eigenvalue weighted by Gasteiger charge is -2.13. The Morgan fingerprint density at radius 3 is 2.84 bits per heavy atom. The summed E-state index contributed by atoms with van der Waals surface area (Å²) >= 11 is 7.03. The number of hydrogen-bond donors (Lipinski definition) is 2. The molecule has 0 unspecified atom stereocenters. The van der Waals surface area contributed by atoms with E-state index in [2.05, 4.69) is 53.4 Å². The number of rotatable bonds is 6. The first kappa shape index (κ1) is 14.6. The molecule has 0 radical (unpaired) electrons. The van der Waals surface area contributed by atoms with Crippen LogP contribution in [0.2, 0.25) is 0 Å². The molecule has 1 aromatic heterocycles. The maximum Gasteiger partial charge on any atom is 0.138 e. The minimum Gasteiger partial charge on any atom is -0.492 e. The van der Waals surface area contributed by atoms with Gasteiger partial charge in [0, 0.05) is 35.0 Å². The van der Waals surface area contributed by atoms with Gasteiger partial charge in [-0.15, -0.1) is 0 Å². The Hall–Kier alpha value is -0.850. The Labute approximate surface area is 129 Å². The molecule has 6 heteroatoms. The van der Waals surface area contributed by atoms with E-state index in [0.29, 0.717) is 6.61 Å². The summed E-state index contributed by atoms with van der Waals surface area (Å²) in [4.78, 5) is 0. The molecule has 2 aromatic rings. The summed E-state index contributed by atoms with van der Waals surface area (Å²) in [5, 5.41) is 10.2. The molecule has 1 heterocycles. The second kappa shape index (κ2) is 7.07. The summed E-state index contributed by atoms with van der Waals surface area (Å²) in [6.07, 6.45) is 1.75. The van der Waals surface area contributed by atoms with Gasteiger partial charge in [0.25, 0.3) is 0 Å². The topological polar surface area (TPSA) is 49.9 Å². The number of nitrogens with one attached hydrogen (secondary N) is 2. The SMILES string of the molecule is CCOc1c(Br)cc(Br)cc1CNCc1ccn[nH]1. The summed E-state index contributed by atoms with van der Waals surface area (Å²) in [6.45, 7) is 4.10. The van der Waals surface area contributed by atoms with Gasteiger partial charge in [-0.2, -0.15) is 5.10 Å². The molecule has 102 valence electrons. The zero-order valence-electron chi connectivity index (χ0n) is 10.5. The molecule has 0 bridgehead atoms. The smallest absolute Gasteiger partial charge is 0.138 e. The van der Waals surface area contributed by atoms with Crippen molar-refractivity contribution in [3.05, 3.63) is 44.6 Å². The monoisotopic (exact) mass is 387 g/mol. The fourth-order valence-electron chi connectivity index (χ4n) is 1.77. The predicted molar refractivity (Wildman–Crippen MR) is 82.1 cm³/mol. The largest absolute Gasteiger partial charge is 0.492 e. The van der Waals surface area contributed by atoms with E-state index in [0.717, 1.165) is 39.0 Å². The first-order chi connectivity index (χ1) is 9.20. The molecule has 19 heavy (non-hydrogen) atoms. The third-order valence-electron chi connectivity index (χ3n) is 2.56. The number of aromatic amines is 1. The second-order valence-electron chi connectivity index (χ2n) is 3.99. The van der Waals surface area contributed by atoms with Gasteiger partial charge in [0.15, 0.2) is 0 Å². The Kier molecular flexibility index (Phi) is 5.42. The predicted octanol–water partition coefficient (Wildman–Crippen LogP) is 3.62. The van der Waals surface area contributed by atoms with Crippen molar-refractivity contribution in [1.29, 1.82) is 0 Å². The van der Waals surface area contributed by atoms with Crippen LogP contribution >= 0.6 is 31.9 Å². The van der Waals surface area contributed by atoms with Crippen molar-refractivity contribution in [2.24, 2.45) is 0 Å². The van der Waals surface area contributed by atoms with Gasteiger partial charge in [-0.25, -0.2) is 0 Å². The zero-order chi connectivity index (χ0) is 13.7. The number of halogens is 2. The van der Waals surface area contributed by atoms with Crippen LogP contribution in [-0.4, -0.2) is 16.8 Å². The minimum atomic E-state index is 0.647. The normalized spacial score (nSPS) is 10.7. The lowest BCUT2D eigenvalue weighted by Crippen LogP contribution is -2.14. The van der Waals surface area contributed by atoms with E-state index >= 15 is 0 Å². The van der Waals surface area contributed by atoms with Crippen LogP contribution in [0.3, 0.4) is 0 Å². The van der Waals surface area contributed by atoms with Gasteiger partial charge in [0.1, 0.15) is 5.75 Å². The highest BCUT2D eigenvalue weighted by Gasteiger charge is 2.09. The van der Waals surface area contributed by atoms with Gasteiger partial charge >= 0.3 is 0 Å². The summed E-state index contributed by atoms with van der Waals surface area (Å²) in [6, 6.07) is 6.01. The van der Waals surface area contributed by atoms with Gasteiger partial charge in [0.2, 0.25) is 0 Å². The van der Waals surface area contributed by atoms with Crippen LogP contribution in [0.4, 0.5) is 0 Å². The maximum absolute atomic E-state index is 5.68. The highest BCUT2D eigenvalue weighted by Crippen LogP contribution is 2.32. The van der Waals surface area contributed by atoms with Crippen LogP contribution in [0.25, 0.3) is 0 Å². The molecular formula is C13H15Br2N3O. The minimum absolute atomic E-state index is 0.647. The molecule has 0 aliphatic heterocycles. The van der Waals surface area contributed by atoms with Crippen LogP contribution in [0, 0.1) is 0 Å². The van der Waals surface area contributed by atoms with Crippen LogP contribution in [0.1, 0.15) is 18.2 Å². The number of nitrogens with zero attached hydrogens (tertiary/aromatic N) is 1. The van der Waals surface area contributed by atoms with E-state index in [1.54, 1.807) is 6.20 Å². The fourth-order valence-corrected chi connectivity index (χ4v) is 3.19. The van der Waals surface area contributed by atoms with Crippen molar-refractivity contribution in [2.45, 2.75) is 20.0 Å². The van der Waals surface area contributed by atoms with Crippen molar-refractivity contribution >= 4 is 31.9 Å². The summed E-state index contributed by atoms with van der Waals surface area (Å²) in [5.74, 6) is 0.891. The van der Waals surface area contributed by atoms with Crippen LogP contribution in [0.15, 0.2) is 33.3 Å². The van der Waals surface area contributed by atoms with E-state index in [1.807, 2.05) is 19.1 Å². The van der Waals surface area contributed by atoms with E-state index in [-0.39, 0.29) is 0 Å². The van der Waals surface area contributed by atoms with E-state index in [1.165, 1.54) is 0 Å². The molecule has 0 fully saturated rings. The molecule has 0 spiro atoms. The number of ether oxygens (including phenoxy) is 1. The molecule has 0 saturated heterocycles. The first-order valence-corrected chi connectivity index (χ1v) is 7.59. The second-order valence-corrected chi connectivity index (χ2v) is 5.76. The molecule has 0 atom stereocenters. The number of H-pyrrole nitrogens is 1. The van der Waals surface area contributed by atoms with Crippen LogP contribution in [0.5, 0.6) is 5.75 Å². The Bertz CT molecular complexity index is 529. The molecule has 0 aliphatic rings. The summed E-state index contributed by atoms with van der Waals surface area (Å²) in [5.41, 5.74) is 2.18. The van der Waals surface area contributed by atoms with E-state index in [4.69, 9.17) is 4.74 Å². The maximum atomic E-state index is 5.68. The first-order valence-electron chi connectivity index (χ1n) is 6.00. The lowest BCUT2D eigenvalue weighted by molar-refractivity contribution is 0.333. The molecule has 0 saturated carbocycles. The molecule has 2 N–H and O–H groups in total. The molecule has 0 aliphatic carbocycles. The highest BCUT2D eigenvalue weighted by molar-refractivity contribution is 9.11. The van der Waals surface area contributed by atoms with Gasteiger partial charge in [0.05, 0.1) is 11.1 Å². The van der Waals surface area contributed by atoms with Crippen molar-refractivity contribution in [3.8, 4) is 5.75 Å². The average Bonchev–Trinajstić information content (AvgIpc) is 2.86. The van der Waals surface area contributed by atoms with E-state index < -0.39 is 0 Å². The zero-order valence-corrected chi connectivity index (χ0v) is 13.7. The van der Waals surface area contributed by atoms with Crippen molar-refractivity contribution in [2.75, 3.05) is 6.61 Å². The summed E-state index contributed by atoms with van der Waals surface area (Å²) < 4.78 is 7.67. The van der Waals surface area contributed by atoms with Crippen LogP contribution in [-0.2, 0) is 13.1 Å². The molecule has 2 rings (SSSR count). The van der Waals surface area contributed by atoms with Crippen molar-refractivity contribution in [3.63, 3.8) is 0 Å². The fraction of sp³-hybridized carbons (Fsp3) is 0.308. The van der Waals surface area contributed by atoms with Gasteiger partial charge in [-0.1, -0.05) is 15.9 Å². The van der Waals surface area contributed by atoms with Crippen LogP contribution < -0.4 is 10.1 Å². The Morgan fingerprint density at radius 2 is 2.16 bits per heavy atom. The molecule has 1 aromatic carbocycles. The third-order valence-corrected chi connectivity index (χ3v) is 3.61. The average molecular weight is 389 g/mol. The molecular weight excluding hydrogens is 374 g/mol. The van der Waals surface area contributed by atoms with Crippen molar-refractivity contribution in [1.82, 2.24) is 15.5 Å². The molecule has 4 nitrogen and oxygen atoms in total. The third kappa shape index (κ3) is 4.06. The van der Waals surface area contributed by atoms with Gasteiger partial charge in [-0.3, -0.25) is 5.10 Å². The Morgan fingerprint density at radius 1 is 1.32 bits per heavy atom. The quantitative estimate of drug-likeness (QED) is 0.794. The number of benzene rings is 1. The number of aromatic nitrogens is 2. The standard InChI is InChI=1S/C13H15Br2N3O/c1-2-19-13-9(5-10(14)6-12(13)15)7-16-8-11-3-4-17-18-11/h3-6,16H,2,7-8H2,1H3,(H,17,18). The summed E-state index contributed by atoms with van der Waals surface area (Å²) in [7, 11) is 0. The van der Waals surface area contributed by atoms with E-state index in [9.17, 15) is 0 Å². The Balaban J connectivity index is 2.05. The van der Waals surface area contributed by atoms with Gasteiger partial charge < -0.3 is 10.1 Å². The highest BCUT2D eigenvalue weighted by atomic mass is 79.9. The van der Waals surface area contributed by atoms with Gasteiger partial charge in [-0.05, 0) is 41.1 Å². The number of hydrogen-bond acceptors (Lipinski definition) is 3. The lowest BCUT2D eigenvalue weighted by atomic mass is 10.2. The molecule has 0 amide bonds.